The number of amides is 1. The lowest BCUT2D eigenvalue weighted by atomic mass is 9.94. The van der Waals surface area contributed by atoms with Gasteiger partial charge in [-0.1, -0.05) is 19.9 Å². The second-order valence-electron chi connectivity index (χ2n) is 5.65. The Hall–Kier alpha value is -1.35. The van der Waals surface area contributed by atoms with Gasteiger partial charge in [0.05, 0.1) is 12.5 Å². The lowest BCUT2D eigenvalue weighted by molar-refractivity contribution is -0.124. The van der Waals surface area contributed by atoms with Crippen molar-refractivity contribution in [2.45, 2.75) is 34.6 Å². The number of rotatable bonds is 4. The molecule has 0 fully saturated rings. The van der Waals surface area contributed by atoms with Gasteiger partial charge in [0.15, 0.2) is 0 Å². The Bertz CT molecular complexity index is 466. The number of anilines is 1. The van der Waals surface area contributed by atoms with E-state index in [-0.39, 0.29) is 24.3 Å². The van der Waals surface area contributed by atoms with Crippen molar-refractivity contribution in [1.82, 2.24) is 0 Å². The van der Waals surface area contributed by atoms with Crippen LogP contribution in [-0.4, -0.2) is 24.7 Å². The predicted octanol–water partition coefficient (Wildman–Crippen LogP) is 2.84. The summed E-state index contributed by atoms with van der Waals surface area (Å²) in [4.78, 5) is 14.1. The summed E-state index contributed by atoms with van der Waals surface area (Å²) < 4.78 is 0. The van der Waals surface area contributed by atoms with Gasteiger partial charge in [0.25, 0.3) is 0 Å². The number of hydrogen-bond donors (Lipinski definition) is 1. The molecule has 0 saturated heterocycles. The number of hydrogen-bond acceptors (Lipinski definition) is 2. The van der Waals surface area contributed by atoms with Crippen molar-refractivity contribution in [1.29, 1.82) is 0 Å². The highest BCUT2D eigenvalue weighted by Gasteiger charge is 2.26. The van der Waals surface area contributed by atoms with Crippen LogP contribution in [0.1, 0.15) is 30.5 Å². The standard InChI is InChI=1S/C16H25NO2/c1-10(2)14(9-18)16(19)17(6)15-8-12(4)11(3)7-13(15)5/h7-8,10,14,18H,9H2,1-6H3. The maximum atomic E-state index is 12.4. The third-order valence-electron chi connectivity index (χ3n) is 3.82. The Balaban J connectivity index is 3.09. The van der Waals surface area contributed by atoms with Crippen molar-refractivity contribution in [2.75, 3.05) is 18.6 Å². The molecule has 0 aliphatic carbocycles. The smallest absolute Gasteiger partial charge is 0.232 e. The van der Waals surface area contributed by atoms with Crippen molar-refractivity contribution < 1.29 is 9.90 Å². The molecule has 0 aromatic heterocycles. The topological polar surface area (TPSA) is 40.5 Å². The van der Waals surface area contributed by atoms with Gasteiger partial charge in [0, 0.05) is 12.7 Å². The van der Waals surface area contributed by atoms with E-state index in [1.54, 1.807) is 11.9 Å². The van der Waals surface area contributed by atoms with Crippen LogP contribution in [0.5, 0.6) is 0 Å². The third kappa shape index (κ3) is 3.35. The van der Waals surface area contributed by atoms with Crippen molar-refractivity contribution in [3.63, 3.8) is 0 Å². The van der Waals surface area contributed by atoms with Crippen LogP contribution in [0.3, 0.4) is 0 Å². The molecule has 106 valence electrons. The molecule has 3 nitrogen and oxygen atoms in total. The molecule has 1 rings (SSSR count). The summed E-state index contributed by atoms with van der Waals surface area (Å²) in [5.41, 5.74) is 4.40. The number of carbonyl (C=O) groups is 1. The number of aryl methyl sites for hydroxylation is 3. The Kier molecular flexibility index (Phi) is 5.12. The highest BCUT2D eigenvalue weighted by atomic mass is 16.3. The Morgan fingerprint density at radius 3 is 2.16 bits per heavy atom. The first-order valence-electron chi connectivity index (χ1n) is 6.75. The van der Waals surface area contributed by atoms with Crippen LogP contribution in [0.15, 0.2) is 12.1 Å². The lowest BCUT2D eigenvalue weighted by Gasteiger charge is -2.26. The van der Waals surface area contributed by atoms with Crippen molar-refractivity contribution >= 4 is 11.6 Å². The number of nitrogens with zero attached hydrogens (tertiary/aromatic N) is 1. The Labute approximate surface area is 116 Å². The molecular weight excluding hydrogens is 238 g/mol. The Morgan fingerprint density at radius 2 is 1.68 bits per heavy atom. The highest BCUT2D eigenvalue weighted by molar-refractivity contribution is 5.95. The first kappa shape index (κ1) is 15.7. The van der Waals surface area contributed by atoms with Crippen LogP contribution in [0.25, 0.3) is 0 Å². The fourth-order valence-electron chi connectivity index (χ4n) is 2.25. The van der Waals surface area contributed by atoms with Crippen molar-refractivity contribution in [3.8, 4) is 0 Å². The van der Waals surface area contributed by atoms with Gasteiger partial charge in [0.2, 0.25) is 5.91 Å². The van der Waals surface area contributed by atoms with Gasteiger partial charge >= 0.3 is 0 Å². The van der Waals surface area contributed by atoms with E-state index in [0.717, 1.165) is 11.3 Å². The number of aliphatic hydroxyl groups excluding tert-OH is 1. The van der Waals surface area contributed by atoms with E-state index in [1.807, 2.05) is 33.8 Å². The highest BCUT2D eigenvalue weighted by Crippen LogP contribution is 2.25. The van der Waals surface area contributed by atoms with Crippen LogP contribution >= 0.6 is 0 Å². The fraction of sp³-hybridized carbons (Fsp3) is 0.562. The number of carbonyl (C=O) groups excluding carboxylic acids is 1. The van der Waals surface area contributed by atoms with Crippen LogP contribution in [-0.2, 0) is 4.79 Å². The number of benzene rings is 1. The molecule has 0 saturated carbocycles. The minimum absolute atomic E-state index is 0.0242. The zero-order valence-corrected chi connectivity index (χ0v) is 12.8. The van der Waals surface area contributed by atoms with Gasteiger partial charge in [-0.15, -0.1) is 0 Å². The van der Waals surface area contributed by atoms with Crippen LogP contribution in [0.2, 0.25) is 0 Å². The van der Waals surface area contributed by atoms with E-state index in [0.29, 0.717) is 0 Å². The fourth-order valence-corrected chi connectivity index (χ4v) is 2.25. The maximum Gasteiger partial charge on any atom is 0.232 e. The molecule has 0 bridgehead atoms. The lowest BCUT2D eigenvalue weighted by Crippen LogP contribution is -2.37. The first-order valence-corrected chi connectivity index (χ1v) is 6.75. The summed E-state index contributed by atoms with van der Waals surface area (Å²) in [5, 5.41) is 9.38. The summed E-state index contributed by atoms with van der Waals surface area (Å²) in [6.45, 7) is 9.93. The van der Waals surface area contributed by atoms with Gasteiger partial charge in [0.1, 0.15) is 0 Å². The first-order chi connectivity index (χ1) is 8.79. The number of aliphatic hydroxyl groups is 1. The minimum Gasteiger partial charge on any atom is -0.396 e. The molecule has 1 amide bonds. The minimum atomic E-state index is -0.342. The molecular formula is C16H25NO2. The van der Waals surface area contributed by atoms with Gasteiger partial charge in [-0.3, -0.25) is 4.79 Å². The monoisotopic (exact) mass is 263 g/mol. The van der Waals surface area contributed by atoms with Crippen LogP contribution in [0, 0.1) is 32.6 Å². The molecule has 1 aromatic rings. The van der Waals surface area contributed by atoms with E-state index < -0.39 is 0 Å². The molecule has 0 radical (unpaired) electrons. The SMILES string of the molecule is Cc1cc(C)c(N(C)C(=O)C(CO)C(C)C)cc1C. The maximum absolute atomic E-state index is 12.4. The van der Waals surface area contributed by atoms with Gasteiger partial charge in [-0.05, 0) is 49.4 Å². The summed E-state index contributed by atoms with van der Waals surface area (Å²) in [6.07, 6.45) is 0. The van der Waals surface area contributed by atoms with E-state index >= 15 is 0 Å². The predicted molar refractivity (Wildman–Crippen MR) is 79.5 cm³/mol. The van der Waals surface area contributed by atoms with E-state index in [4.69, 9.17) is 0 Å². The third-order valence-corrected chi connectivity index (χ3v) is 3.82. The normalized spacial score (nSPS) is 12.6. The molecule has 1 unspecified atom stereocenters. The summed E-state index contributed by atoms with van der Waals surface area (Å²) >= 11 is 0. The Morgan fingerprint density at radius 1 is 1.16 bits per heavy atom. The molecule has 0 heterocycles. The molecule has 0 aliphatic heterocycles. The van der Waals surface area contributed by atoms with Crippen LogP contribution < -0.4 is 4.90 Å². The van der Waals surface area contributed by atoms with Crippen molar-refractivity contribution in [3.05, 3.63) is 28.8 Å². The molecule has 1 N–H and O–H groups in total. The molecule has 0 spiro atoms. The summed E-state index contributed by atoms with van der Waals surface area (Å²) in [6, 6.07) is 4.13. The summed E-state index contributed by atoms with van der Waals surface area (Å²) in [7, 11) is 1.78. The van der Waals surface area contributed by atoms with Gasteiger partial charge < -0.3 is 10.0 Å². The van der Waals surface area contributed by atoms with Crippen LogP contribution in [0.4, 0.5) is 5.69 Å². The molecule has 1 aromatic carbocycles. The van der Waals surface area contributed by atoms with Gasteiger partial charge in [-0.25, -0.2) is 0 Å². The van der Waals surface area contributed by atoms with Crippen molar-refractivity contribution in [2.24, 2.45) is 11.8 Å². The second kappa shape index (κ2) is 6.20. The van der Waals surface area contributed by atoms with E-state index in [2.05, 4.69) is 13.0 Å². The second-order valence-corrected chi connectivity index (χ2v) is 5.65. The molecule has 19 heavy (non-hydrogen) atoms. The molecule has 0 aliphatic rings. The molecule has 3 heteroatoms. The summed E-state index contributed by atoms with van der Waals surface area (Å²) in [5.74, 6) is -0.235. The molecule has 1 atom stereocenters. The zero-order chi connectivity index (χ0) is 14.7. The average molecular weight is 263 g/mol. The van der Waals surface area contributed by atoms with E-state index in [9.17, 15) is 9.90 Å². The average Bonchev–Trinajstić information content (AvgIpc) is 2.33. The quantitative estimate of drug-likeness (QED) is 0.907. The van der Waals surface area contributed by atoms with Gasteiger partial charge in [-0.2, -0.15) is 0 Å². The zero-order valence-electron chi connectivity index (χ0n) is 12.8. The van der Waals surface area contributed by atoms with E-state index in [1.165, 1.54) is 11.1 Å². The largest absolute Gasteiger partial charge is 0.396 e.